The first-order valence-corrected chi connectivity index (χ1v) is 11.8. The van der Waals surface area contributed by atoms with Gasteiger partial charge in [-0.05, 0) is 77.2 Å². The lowest BCUT2D eigenvalue weighted by atomic mass is 9.81. The third-order valence-electron chi connectivity index (χ3n) is 5.47. The average Bonchev–Trinajstić information content (AvgIpc) is 2.62. The quantitative estimate of drug-likeness (QED) is 0.380. The number of carbonyl (C=O) groups excluding carboxylic acids is 1. The molecule has 0 aliphatic carbocycles. The Morgan fingerprint density at radius 3 is 2.29 bits per heavy atom. The van der Waals surface area contributed by atoms with Crippen molar-refractivity contribution in [2.75, 3.05) is 25.0 Å². The summed E-state index contributed by atoms with van der Waals surface area (Å²) in [6.45, 7) is 17.4. The number of aryl methyl sites for hydroxylation is 2. The van der Waals surface area contributed by atoms with Crippen LogP contribution in [0.15, 0.2) is 9.47 Å². The molecule has 1 fully saturated rings. The molecule has 7 heteroatoms. The molecule has 6 nitrogen and oxygen atoms in total. The van der Waals surface area contributed by atoms with Crippen molar-refractivity contribution in [2.24, 2.45) is 10.4 Å². The van der Waals surface area contributed by atoms with Crippen molar-refractivity contribution in [2.45, 2.75) is 86.0 Å². The molecule has 0 amide bonds. The van der Waals surface area contributed by atoms with Gasteiger partial charge >= 0.3 is 5.97 Å². The lowest BCUT2D eigenvalue weighted by molar-refractivity contribution is -0.171. The monoisotopic (exact) mass is 495 g/mol. The standard InChI is InChI=1S/C24H38BrN3O3/c1-15(2)30-22(29)21(31-23(5,6)7)18-16(3)27-17(4)19(25)20(18)28-12-10-24(8,11-13-28)14-26-9/h14-15,21H,10-13H2,1-9H3/b26-14+/t21-/m0/s1. The number of hydrogen-bond donors (Lipinski definition) is 0. The van der Waals surface area contributed by atoms with Gasteiger partial charge in [-0.15, -0.1) is 0 Å². The van der Waals surface area contributed by atoms with E-state index >= 15 is 0 Å². The summed E-state index contributed by atoms with van der Waals surface area (Å²) in [5, 5.41) is 0. The van der Waals surface area contributed by atoms with Crippen molar-refractivity contribution >= 4 is 33.8 Å². The van der Waals surface area contributed by atoms with Gasteiger partial charge in [0.15, 0.2) is 6.10 Å². The molecule has 0 aromatic carbocycles. The molecule has 174 valence electrons. The minimum atomic E-state index is -0.854. The van der Waals surface area contributed by atoms with Gasteiger partial charge in [0.2, 0.25) is 0 Å². The molecule has 0 bridgehead atoms. The van der Waals surface area contributed by atoms with Crippen molar-refractivity contribution in [1.29, 1.82) is 0 Å². The fourth-order valence-electron chi connectivity index (χ4n) is 4.00. The molecular formula is C24H38BrN3O3. The van der Waals surface area contributed by atoms with E-state index < -0.39 is 11.7 Å². The Morgan fingerprint density at radius 1 is 1.23 bits per heavy atom. The van der Waals surface area contributed by atoms with E-state index in [4.69, 9.17) is 14.5 Å². The first-order chi connectivity index (χ1) is 14.3. The number of ether oxygens (including phenoxy) is 2. The van der Waals surface area contributed by atoms with Gasteiger partial charge in [-0.3, -0.25) is 4.98 Å². The average molecular weight is 496 g/mol. The normalized spacial score (nSPS) is 18.0. The van der Waals surface area contributed by atoms with Crippen molar-refractivity contribution in [3.63, 3.8) is 0 Å². The second kappa shape index (κ2) is 9.99. The highest BCUT2D eigenvalue weighted by atomic mass is 79.9. The predicted octanol–water partition coefficient (Wildman–Crippen LogP) is 5.58. The Balaban J connectivity index is 2.58. The number of rotatable bonds is 6. The molecular weight excluding hydrogens is 458 g/mol. The predicted molar refractivity (Wildman–Crippen MR) is 130 cm³/mol. The largest absolute Gasteiger partial charge is 0.461 e. The molecule has 1 aromatic rings. The van der Waals surface area contributed by atoms with Gasteiger partial charge in [0, 0.05) is 43.0 Å². The highest BCUT2D eigenvalue weighted by molar-refractivity contribution is 9.10. The summed E-state index contributed by atoms with van der Waals surface area (Å²) in [5.74, 6) is -0.383. The first-order valence-electron chi connectivity index (χ1n) is 11.0. The van der Waals surface area contributed by atoms with Crippen LogP contribution in [0.2, 0.25) is 0 Å². The minimum Gasteiger partial charge on any atom is -0.461 e. The molecule has 0 unspecified atom stereocenters. The van der Waals surface area contributed by atoms with E-state index in [9.17, 15) is 4.79 Å². The third-order valence-corrected chi connectivity index (χ3v) is 6.42. The fraction of sp³-hybridized carbons (Fsp3) is 0.708. The molecule has 2 heterocycles. The number of anilines is 1. The van der Waals surface area contributed by atoms with Gasteiger partial charge in [-0.25, -0.2) is 4.79 Å². The van der Waals surface area contributed by atoms with Crippen LogP contribution in [0.4, 0.5) is 5.69 Å². The van der Waals surface area contributed by atoms with E-state index in [1.807, 2.05) is 55.5 Å². The molecule has 1 aliphatic heterocycles. The lowest BCUT2D eigenvalue weighted by Crippen LogP contribution is -2.41. The topological polar surface area (TPSA) is 64.0 Å². The molecule has 2 rings (SSSR count). The van der Waals surface area contributed by atoms with Gasteiger partial charge in [0.25, 0.3) is 0 Å². The SMILES string of the molecule is C/N=C/C1(C)CCN(c2c(Br)c(C)nc(C)c2[C@H](OC(C)(C)C)C(=O)OC(C)C)CC1. The smallest absolute Gasteiger partial charge is 0.340 e. The second-order valence-corrected chi connectivity index (χ2v) is 10.8. The van der Waals surface area contributed by atoms with Gasteiger partial charge in [0.1, 0.15) is 0 Å². The molecule has 0 spiro atoms. The number of pyridine rings is 1. The maximum absolute atomic E-state index is 13.2. The number of aromatic nitrogens is 1. The van der Waals surface area contributed by atoms with Crippen molar-refractivity contribution in [1.82, 2.24) is 4.98 Å². The summed E-state index contributed by atoms with van der Waals surface area (Å²) in [6, 6.07) is 0. The van der Waals surface area contributed by atoms with Crippen LogP contribution < -0.4 is 4.90 Å². The zero-order chi connectivity index (χ0) is 23.6. The highest BCUT2D eigenvalue weighted by Gasteiger charge is 2.37. The van der Waals surface area contributed by atoms with Crippen LogP contribution in [0.5, 0.6) is 0 Å². The van der Waals surface area contributed by atoms with Crippen molar-refractivity contribution < 1.29 is 14.3 Å². The molecule has 0 radical (unpaired) electrons. The van der Waals surface area contributed by atoms with E-state index in [1.54, 1.807) is 0 Å². The van der Waals surface area contributed by atoms with Crippen LogP contribution in [0.25, 0.3) is 0 Å². The van der Waals surface area contributed by atoms with E-state index in [0.717, 1.165) is 53.0 Å². The van der Waals surface area contributed by atoms with Gasteiger partial charge < -0.3 is 19.4 Å². The highest BCUT2D eigenvalue weighted by Crippen LogP contribution is 2.43. The number of carbonyl (C=O) groups is 1. The van der Waals surface area contributed by atoms with E-state index in [1.165, 1.54) is 0 Å². The first kappa shape index (κ1) is 25.8. The molecule has 0 saturated carbocycles. The number of esters is 1. The third kappa shape index (κ3) is 6.51. The Kier molecular flexibility index (Phi) is 8.31. The van der Waals surface area contributed by atoms with Gasteiger partial charge in [-0.1, -0.05) is 6.92 Å². The van der Waals surface area contributed by atoms with Crippen molar-refractivity contribution in [3.05, 3.63) is 21.4 Å². The van der Waals surface area contributed by atoms with Gasteiger partial charge in [0.05, 0.1) is 27.6 Å². The Hall–Kier alpha value is -1.47. The number of halogens is 1. The van der Waals surface area contributed by atoms with E-state index in [-0.39, 0.29) is 17.5 Å². The Morgan fingerprint density at radius 2 is 1.81 bits per heavy atom. The Bertz CT molecular complexity index is 822. The minimum absolute atomic E-state index is 0.0902. The van der Waals surface area contributed by atoms with Crippen LogP contribution in [-0.4, -0.2) is 49.0 Å². The summed E-state index contributed by atoms with van der Waals surface area (Å²) >= 11 is 3.77. The maximum Gasteiger partial charge on any atom is 0.340 e. The summed E-state index contributed by atoms with van der Waals surface area (Å²) in [6.07, 6.45) is 2.95. The molecule has 1 saturated heterocycles. The zero-order valence-electron chi connectivity index (χ0n) is 20.5. The molecule has 1 aliphatic rings. The second-order valence-electron chi connectivity index (χ2n) is 9.98. The fourth-order valence-corrected chi connectivity index (χ4v) is 4.55. The Labute approximate surface area is 195 Å². The number of nitrogens with zero attached hydrogens (tertiary/aromatic N) is 3. The van der Waals surface area contributed by atoms with Crippen LogP contribution in [0, 0.1) is 19.3 Å². The van der Waals surface area contributed by atoms with E-state index in [2.05, 4.69) is 39.0 Å². The summed E-state index contributed by atoms with van der Waals surface area (Å²) in [7, 11) is 1.83. The van der Waals surface area contributed by atoms with Gasteiger partial charge in [-0.2, -0.15) is 0 Å². The summed E-state index contributed by atoms with van der Waals surface area (Å²) < 4.78 is 12.8. The molecule has 0 N–H and O–H groups in total. The van der Waals surface area contributed by atoms with Crippen LogP contribution in [0.3, 0.4) is 0 Å². The number of aliphatic imine (C=N–C) groups is 1. The van der Waals surface area contributed by atoms with Crippen LogP contribution >= 0.6 is 15.9 Å². The van der Waals surface area contributed by atoms with E-state index in [0.29, 0.717) is 0 Å². The number of hydrogen-bond acceptors (Lipinski definition) is 6. The molecule has 31 heavy (non-hydrogen) atoms. The van der Waals surface area contributed by atoms with Crippen molar-refractivity contribution in [3.8, 4) is 0 Å². The molecule has 1 aromatic heterocycles. The van der Waals surface area contributed by atoms with Crippen LogP contribution in [0.1, 0.15) is 77.4 Å². The summed E-state index contributed by atoms with van der Waals surface area (Å²) in [5.41, 5.74) is 3.01. The maximum atomic E-state index is 13.2. The zero-order valence-corrected chi connectivity index (χ0v) is 22.1. The molecule has 1 atom stereocenters. The summed E-state index contributed by atoms with van der Waals surface area (Å²) in [4.78, 5) is 24.5. The number of piperidine rings is 1. The lowest BCUT2D eigenvalue weighted by Gasteiger charge is -2.40. The van der Waals surface area contributed by atoms with Crippen LogP contribution in [-0.2, 0) is 14.3 Å².